The van der Waals surface area contributed by atoms with Gasteiger partial charge in [0.05, 0.1) is 17.7 Å². The molecular formula is C27H30ClN3O5S. The Kier molecular flexibility index (Phi) is 9.54. The molecule has 196 valence electrons. The summed E-state index contributed by atoms with van der Waals surface area (Å²) in [4.78, 5) is 28.0. The average molecular weight is 544 g/mol. The van der Waals surface area contributed by atoms with Gasteiger partial charge in [-0.05, 0) is 60.5 Å². The van der Waals surface area contributed by atoms with Gasteiger partial charge in [-0.1, -0.05) is 48.9 Å². The summed E-state index contributed by atoms with van der Waals surface area (Å²) in [6, 6.07) is 20.4. The number of hydrogen-bond donors (Lipinski definition) is 1. The van der Waals surface area contributed by atoms with Gasteiger partial charge in [-0.15, -0.1) is 0 Å². The van der Waals surface area contributed by atoms with Crippen LogP contribution < -0.4 is 14.4 Å². The predicted molar refractivity (Wildman–Crippen MR) is 144 cm³/mol. The Bertz CT molecular complexity index is 1320. The third-order valence-electron chi connectivity index (χ3n) is 5.84. The van der Waals surface area contributed by atoms with E-state index < -0.39 is 28.5 Å². The Morgan fingerprint density at radius 2 is 1.68 bits per heavy atom. The average Bonchev–Trinajstić information content (AvgIpc) is 2.92. The maximum atomic E-state index is 13.8. The van der Waals surface area contributed by atoms with Gasteiger partial charge >= 0.3 is 0 Å². The number of amides is 2. The van der Waals surface area contributed by atoms with Crippen LogP contribution in [0.4, 0.5) is 5.69 Å². The number of rotatable bonds is 11. The number of halogens is 1. The van der Waals surface area contributed by atoms with Crippen molar-refractivity contribution in [1.29, 1.82) is 0 Å². The highest BCUT2D eigenvalue weighted by Crippen LogP contribution is 2.26. The molecule has 2 amide bonds. The molecule has 0 aliphatic rings. The fourth-order valence-corrected chi connectivity index (χ4v) is 5.47. The van der Waals surface area contributed by atoms with Crippen LogP contribution >= 0.6 is 11.6 Å². The number of methoxy groups -OCH3 is 1. The molecule has 8 nitrogen and oxygen atoms in total. The van der Waals surface area contributed by atoms with Gasteiger partial charge in [0.2, 0.25) is 11.8 Å². The molecule has 0 aromatic heterocycles. The van der Waals surface area contributed by atoms with E-state index in [9.17, 15) is 18.0 Å². The van der Waals surface area contributed by atoms with E-state index in [1.54, 1.807) is 74.7 Å². The summed E-state index contributed by atoms with van der Waals surface area (Å²) in [5, 5.41) is 3.03. The first kappa shape index (κ1) is 28.0. The van der Waals surface area contributed by atoms with Crippen molar-refractivity contribution in [3.63, 3.8) is 0 Å². The number of benzene rings is 3. The fourth-order valence-electron chi connectivity index (χ4n) is 3.91. The lowest BCUT2D eigenvalue weighted by Gasteiger charge is -2.33. The van der Waals surface area contributed by atoms with Crippen LogP contribution in [0.1, 0.15) is 18.9 Å². The van der Waals surface area contributed by atoms with Crippen LogP contribution in [-0.4, -0.2) is 51.9 Å². The highest BCUT2D eigenvalue weighted by atomic mass is 35.5. The third kappa shape index (κ3) is 6.81. The molecule has 0 saturated carbocycles. The van der Waals surface area contributed by atoms with Crippen molar-refractivity contribution in [3.8, 4) is 5.75 Å². The van der Waals surface area contributed by atoms with Crippen LogP contribution in [0.5, 0.6) is 5.75 Å². The van der Waals surface area contributed by atoms with Crippen molar-refractivity contribution in [2.75, 3.05) is 25.0 Å². The SMILES string of the molecule is CCC(C(=O)NC)N(Cc1cccc(OC)c1)C(=O)CN(c1ccc(Cl)cc1)S(=O)(=O)c1ccccc1. The van der Waals surface area contributed by atoms with Gasteiger partial charge < -0.3 is 15.0 Å². The molecule has 0 aliphatic heterocycles. The highest BCUT2D eigenvalue weighted by Gasteiger charge is 2.33. The van der Waals surface area contributed by atoms with Gasteiger partial charge in [0, 0.05) is 18.6 Å². The van der Waals surface area contributed by atoms with Crippen molar-refractivity contribution < 1.29 is 22.7 Å². The normalized spacial score (nSPS) is 11.9. The molecule has 3 aromatic carbocycles. The number of sulfonamides is 1. The summed E-state index contributed by atoms with van der Waals surface area (Å²) >= 11 is 6.03. The molecule has 0 spiro atoms. The van der Waals surface area contributed by atoms with Crippen LogP contribution in [0.3, 0.4) is 0 Å². The Hall–Kier alpha value is -3.56. The van der Waals surface area contributed by atoms with E-state index >= 15 is 0 Å². The zero-order chi connectivity index (χ0) is 27.0. The van der Waals surface area contributed by atoms with Gasteiger partial charge in [0.15, 0.2) is 0 Å². The van der Waals surface area contributed by atoms with Crippen molar-refractivity contribution in [2.24, 2.45) is 0 Å². The zero-order valence-corrected chi connectivity index (χ0v) is 22.5. The predicted octanol–water partition coefficient (Wildman–Crippen LogP) is 4.10. The minimum absolute atomic E-state index is 0.0374. The molecule has 3 rings (SSSR count). The molecule has 0 radical (unpaired) electrons. The Morgan fingerprint density at radius 3 is 2.27 bits per heavy atom. The Labute approximate surface area is 222 Å². The van der Waals surface area contributed by atoms with Gasteiger partial charge in [0.25, 0.3) is 10.0 Å². The number of ether oxygens (including phenoxy) is 1. The summed E-state index contributed by atoms with van der Waals surface area (Å²) in [5.41, 5.74) is 1.01. The van der Waals surface area contributed by atoms with Crippen LogP contribution in [0.2, 0.25) is 5.02 Å². The minimum atomic E-state index is -4.12. The molecule has 0 saturated heterocycles. The number of likely N-dealkylation sites (N-methyl/N-ethyl adjacent to an activating group) is 1. The number of carbonyl (C=O) groups is 2. The second-order valence-corrected chi connectivity index (χ2v) is 10.5. The quantitative estimate of drug-likeness (QED) is 0.393. The summed E-state index contributed by atoms with van der Waals surface area (Å²) in [6.07, 6.45) is 0.335. The maximum absolute atomic E-state index is 13.8. The van der Waals surface area contributed by atoms with E-state index in [4.69, 9.17) is 16.3 Å². The first-order valence-corrected chi connectivity index (χ1v) is 13.5. The van der Waals surface area contributed by atoms with Crippen LogP contribution in [0, 0.1) is 0 Å². The summed E-state index contributed by atoms with van der Waals surface area (Å²) in [5.74, 6) is -0.275. The number of anilines is 1. The lowest BCUT2D eigenvalue weighted by Crippen LogP contribution is -2.51. The molecule has 1 N–H and O–H groups in total. The lowest BCUT2D eigenvalue weighted by molar-refractivity contribution is -0.140. The third-order valence-corrected chi connectivity index (χ3v) is 7.88. The molecule has 0 heterocycles. The molecule has 37 heavy (non-hydrogen) atoms. The second-order valence-electron chi connectivity index (χ2n) is 8.21. The van der Waals surface area contributed by atoms with Crippen molar-refractivity contribution in [1.82, 2.24) is 10.2 Å². The van der Waals surface area contributed by atoms with E-state index in [0.29, 0.717) is 17.2 Å². The van der Waals surface area contributed by atoms with Gasteiger partial charge in [-0.2, -0.15) is 0 Å². The van der Waals surface area contributed by atoms with E-state index in [0.717, 1.165) is 9.87 Å². The topological polar surface area (TPSA) is 96.0 Å². The molecule has 0 aliphatic carbocycles. The van der Waals surface area contributed by atoms with Gasteiger partial charge in [-0.25, -0.2) is 8.42 Å². The Balaban J connectivity index is 2.04. The fraction of sp³-hybridized carbons (Fsp3) is 0.259. The van der Waals surface area contributed by atoms with E-state index in [1.807, 2.05) is 6.07 Å². The van der Waals surface area contributed by atoms with E-state index in [2.05, 4.69) is 5.32 Å². The Morgan fingerprint density at radius 1 is 1.00 bits per heavy atom. The van der Waals surface area contributed by atoms with Crippen LogP contribution in [0.25, 0.3) is 0 Å². The molecule has 1 atom stereocenters. The zero-order valence-electron chi connectivity index (χ0n) is 20.9. The molecule has 10 heteroatoms. The monoisotopic (exact) mass is 543 g/mol. The van der Waals surface area contributed by atoms with Gasteiger partial charge in [0.1, 0.15) is 18.3 Å². The summed E-state index contributed by atoms with van der Waals surface area (Å²) < 4.78 is 33.7. The van der Waals surface area contributed by atoms with Crippen LogP contribution in [-0.2, 0) is 26.2 Å². The molecule has 1 unspecified atom stereocenters. The number of nitrogens with zero attached hydrogens (tertiary/aromatic N) is 2. The van der Waals surface area contributed by atoms with Crippen LogP contribution in [0.15, 0.2) is 83.8 Å². The molecule has 0 bridgehead atoms. The van der Waals surface area contributed by atoms with Crippen molar-refractivity contribution in [2.45, 2.75) is 30.8 Å². The minimum Gasteiger partial charge on any atom is -0.497 e. The standard InChI is InChI=1S/C27H30ClN3O5S/c1-4-25(27(33)29-2)30(18-20-9-8-10-23(17-20)36-3)26(32)19-31(22-15-13-21(28)14-16-22)37(34,35)24-11-6-5-7-12-24/h5-17,25H,4,18-19H2,1-3H3,(H,29,33). The highest BCUT2D eigenvalue weighted by molar-refractivity contribution is 7.92. The van der Waals surface area contributed by atoms with Gasteiger partial charge in [-0.3, -0.25) is 13.9 Å². The smallest absolute Gasteiger partial charge is 0.264 e. The maximum Gasteiger partial charge on any atom is 0.264 e. The molecular weight excluding hydrogens is 514 g/mol. The second kappa shape index (κ2) is 12.6. The number of nitrogens with one attached hydrogen (secondary N) is 1. The van der Waals surface area contributed by atoms with E-state index in [1.165, 1.54) is 24.1 Å². The largest absolute Gasteiger partial charge is 0.497 e. The molecule has 3 aromatic rings. The summed E-state index contributed by atoms with van der Waals surface area (Å²) in [7, 11) is -1.07. The number of carbonyl (C=O) groups excluding carboxylic acids is 2. The first-order chi connectivity index (χ1) is 17.7. The van der Waals surface area contributed by atoms with Crippen molar-refractivity contribution in [3.05, 3.63) is 89.4 Å². The first-order valence-electron chi connectivity index (χ1n) is 11.7. The van der Waals surface area contributed by atoms with Crippen molar-refractivity contribution >= 4 is 39.1 Å². The number of hydrogen-bond acceptors (Lipinski definition) is 5. The lowest BCUT2D eigenvalue weighted by atomic mass is 10.1. The molecule has 0 fully saturated rings. The summed E-state index contributed by atoms with van der Waals surface area (Å²) in [6.45, 7) is 1.36. The van der Waals surface area contributed by atoms with E-state index in [-0.39, 0.29) is 23.0 Å².